The van der Waals surface area contributed by atoms with E-state index in [0.29, 0.717) is 37.8 Å². The zero-order valence-corrected chi connectivity index (χ0v) is 53.1. The molecule has 0 aromatic rings. The minimum atomic E-state index is -2.10. The number of hydrogen-bond donors (Lipinski definition) is 8. The van der Waals surface area contributed by atoms with E-state index in [1.807, 2.05) is 46.7 Å². The third kappa shape index (κ3) is 12.6. The first-order valence-electron chi connectivity index (χ1n) is 31.2. The number of nitrogens with zero attached hydrogens (tertiary/aromatic N) is 1. The second kappa shape index (κ2) is 26.2. The Bertz CT molecular complexity index is 2400. The highest BCUT2D eigenvalue weighted by molar-refractivity contribution is 6.01. The molecule has 25 atom stereocenters. The lowest BCUT2D eigenvalue weighted by Gasteiger charge is -2.62. The molecule has 8 N–H and O–H groups in total. The number of alkyl halides is 1. The number of hydrogen-bond acceptors (Lipinski definition) is 19. The van der Waals surface area contributed by atoms with Gasteiger partial charge in [-0.15, -0.1) is 0 Å². The summed E-state index contributed by atoms with van der Waals surface area (Å²) in [6, 6.07) is -0.815. The summed E-state index contributed by atoms with van der Waals surface area (Å²) >= 11 is 0. The lowest BCUT2D eigenvalue weighted by atomic mass is 9.44. The van der Waals surface area contributed by atoms with Crippen LogP contribution in [-0.2, 0) is 52.3 Å². The Morgan fingerprint density at radius 2 is 1.58 bits per heavy atom. The van der Waals surface area contributed by atoms with E-state index in [-0.39, 0.29) is 82.2 Å². The maximum Gasteiger partial charge on any atom is 0.311 e. The Balaban J connectivity index is 1.12. The molecule has 3 unspecified atom stereocenters. The van der Waals surface area contributed by atoms with E-state index in [9.17, 15) is 44.7 Å². The van der Waals surface area contributed by atoms with Crippen LogP contribution < -0.4 is 16.0 Å². The molecule has 84 heavy (non-hydrogen) atoms. The highest BCUT2D eigenvalue weighted by atomic mass is 19.1. The fraction of sp³-hybridized carbons (Fsp3) is 0.873. The van der Waals surface area contributed by atoms with Crippen molar-refractivity contribution < 1.29 is 82.3 Å². The van der Waals surface area contributed by atoms with E-state index >= 15 is 4.39 Å². The Hall–Kier alpha value is -3.03. The lowest BCUT2D eigenvalue weighted by Crippen LogP contribution is -2.70. The first-order valence-corrected chi connectivity index (χ1v) is 31.2. The number of likely N-dealkylation sites (N-methyl/N-ethyl adjacent to an activating group) is 2. The van der Waals surface area contributed by atoms with Crippen LogP contribution in [0.3, 0.4) is 0 Å². The zero-order chi connectivity index (χ0) is 62.4. The molecule has 3 saturated heterocycles. The monoisotopic (exact) mass is 1190 g/mol. The van der Waals surface area contributed by atoms with Crippen LogP contribution >= 0.6 is 0 Å². The summed E-state index contributed by atoms with van der Waals surface area (Å²) in [5.41, 5.74) is -10.2. The first kappa shape index (κ1) is 68.5. The number of methoxy groups -OCH3 is 1. The predicted octanol–water partition coefficient (Wildman–Crippen LogP) is 4.23. The largest absolute Gasteiger partial charge is 0.459 e. The van der Waals surface area contributed by atoms with Crippen LogP contribution in [0.5, 0.6) is 0 Å². The number of cyclic esters (lactones) is 1. The molecule has 3 saturated carbocycles. The number of carbonyl (C=O) groups excluding carboxylic acids is 4. The number of rotatable bonds is 15. The molecule has 0 radical (unpaired) electrons. The Morgan fingerprint density at radius 3 is 2.24 bits per heavy atom. The second-order valence-electron chi connectivity index (χ2n) is 27.8. The van der Waals surface area contributed by atoms with Crippen LogP contribution in [0.1, 0.15) is 148 Å². The van der Waals surface area contributed by atoms with Gasteiger partial charge >= 0.3 is 11.9 Å². The van der Waals surface area contributed by atoms with Gasteiger partial charge in [-0.3, -0.25) is 19.2 Å². The van der Waals surface area contributed by atoms with Crippen LogP contribution in [0.2, 0.25) is 0 Å². The van der Waals surface area contributed by atoms with E-state index < -0.39 is 148 Å². The van der Waals surface area contributed by atoms with Crippen molar-refractivity contribution in [1.29, 1.82) is 0 Å². The van der Waals surface area contributed by atoms with Gasteiger partial charge in [0.25, 0.3) is 5.91 Å². The highest BCUT2D eigenvalue weighted by Gasteiger charge is 2.76. The molecular formula is C63H105FN4O16. The van der Waals surface area contributed by atoms with E-state index in [0.717, 1.165) is 0 Å². The first-order chi connectivity index (χ1) is 39.1. The van der Waals surface area contributed by atoms with Crippen molar-refractivity contribution in [3.63, 3.8) is 0 Å². The van der Waals surface area contributed by atoms with Gasteiger partial charge in [0.05, 0.1) is 55.1 Å². The number of halogens is 1. The van der Waals surface area contributed by atoms with Gasteiger partial charge in [0.1, 0.15) is 35.6 Å². The highest BCUT2D eigenvalue weighted by Crippen LogP contribution is 2.70. The van der Waals surface area contributed by atoms with E-state index in [4.69, 9.17) is 33.2 Å². The van der Waals surface area contributed by atoms with Gasteiger partial charge in [-0.1, -0.05) is 46.3 Å². The number of allylic oxidation sites excluding steroid dienone is 4. The fourth-order valence-electron chi connectivity index (χ4n) is 16.6. The molecular weight excluding hydrogens is 1090 g/mol. The van der Waals surface area contributed by atoms with Gasteiger partial charge in [0.15, 0.2) is 23.3 Å². The van der Waals surface area contributed by atoms with Crippen LogP contribution in [0.25, 0.3) is 0 Å². The van der Waals surface area contributed by atoms with E-state index in [2.05, 4.69) is 16.0 Å². The van der Waals surface area contributed by atoms with Crippen molar-refractivity contribution in [2.45, 2.75) is 249 Å². The van der Waals surface area contributed by atoms with Gasteiger partial charge in [-0.25, -0.2) is 4.39 Å². The average Bonchev–Trinajstić information content (AvgIpc) is 1.40. The van der Waals surface area contributed by atoms with E-state index in [1.165, 1.54) is 26.2 Å². The molecule has 0 aromatic heterocycles. The minimum Gasteiger partial charge on any atom is -0.459 e. The van der Waals surface area contributed by atoms with Crippen molar-refractivity contribution in [2.24, 2.45) is 46.3 Å². The van der Waals surface area contributed by atoms with Crippen LogP contribution in [0.4, 0.5) is 4.39 Å². The molecule has 3 aliphatic heterocycles. The molecule has 21 heteroatoms. The summed E-state index contributed by atoms with van der Waals surface area (Å²) in [6.45, 7) is 24.2. The zero-order valence-electron chi connectivity index (χ0n) is 53.1. The average molecular weight is 1190 g/mol. The summed E-state index contributed by atoms with van der Waals surface area (Å²) in [7, 11) is 5.19. The molecule has 0 bridgehead atoms. The van der Waals surface area contributed by atoms with Crippen molar-refractivity contribution in [3.05, 3.63) is 23.8 Å². The molecule has 20 nitrogen and oxygen atoms in total. The third-order valence-corrected chi connectivity index (χ3v) is 21.9. The number of carbonyl (C=O) groups is 4. The van der Waals surface area contributed by atoms with Crippen LogP contribution in [0, 0.1) is 46.3 Å². The Kier molecular flexibility index (Phi) is 21.4. The minimum absolute atomic E-state index is 0.0775. The van der Waals surface area contributed by atoms with Crippen molar-refractivity contribution in [1.82, 2.24) is 20.9 Å². The van der Waals surface area contributed by atoms with Gasteiger partial charge < -0.3 is 79.5 Å². The number of ketones is 1. The van der Waals surface area contributed by atoms with E-state index in [1.54, 1.807) is 61.5 Å². The number of ether oxygens (including phenoxy) is 7. The summed E-state index contributed by atoms with van der Waals surface area (Å²) in [5.74, 6) is -5.87. The molecule has 480 valence electrons. The molecule has 7 rings (SSSR count). The standard InChI is InChI=1S/C63H105FN4O16/c1-17-48-61(13,76)52(72)39(7)68(15)32-34(2)29-60(12,54(81-46-33-79-36(4)27-45(46)65-14)37(5)51(38(6)55(74)82-48)83-50-31-59(11,78-16)53(73)40(8)80-50)84-49(71)21-23-66-24-25-67-56(75)63(77)35(3)26-44-43-19-18-41-28-42(69)20-22-57(41,9)62(43,64)47(70)30-58(44,63)10/h20,22,28,34-40,43-48,50-54,65-66,70,72-73,76-77H,17-19,21,23-27,29-33H2,1-16H3,(H,67,75)/t34-,35-,36-,37+,38-,39-,40+,43?,44?,45+,46+,47+,48-,50?,51+,52-,53+,54-,57+,58+,59-,60-,61-,62+,63+/m1/s1. The van der Waals surface area contributed by atoms with Gasteiger partial charge in [-0.2, -0.15) is 0 Å². The van der Waals surface area contributed by atoms with Crippen LogP contribution in [0.15, 0.2) is 23.8 Å². The lowest BCUT2D eigenvalue weighted by molar-refractivity contribution is -0.302. The third-order valence-electron chi connectivity index (χ3n) is 21.9. The second-order valence-corrected chi connectivity index (χ2v) is 27.8. The Labute approximate surface area is 498 Å². The normalized spacial score (nSPS) is 47.9. The summed E-state index contributed by atoms with van der Waals surface area (Å²) in [4.78, 5) is 58.0. The quantitative estimate of drug-likeness (QED) is 0.0842. The molecule has 0 spiro atoms. The summed E-state index contributed by atoms with van der Waals surface area (Å²) < 4.78 is 63.5. The van der Waals surface area contributed by atoms with Gasteiger partial charge in [-0.05, 0) is 144 Å². The number of aliphatic hydroxyl groups excluding tert-OH is 3. The van der Waals surface area contributed by atoms with Crippen molar-refractivity contribution in [2.75, 3.05) is 54.0 Å². The maximum atomic E-state index is 17.8. The van der Waals surface area contributed by atoms with Crippen LogP contribution in [-0.4, -0.2) is 209 Å². The van der Waals surface area contributed by atoms with Gasteiger partial charge in [0.2, 0.25) is 0 Å². The molecule has 3 heterocycles. The number of esters is 2. The SMILES string of the molecule is CC[C@H]1OC(=O)[C@H](C)[C@@H](OC2C[C@@](C)(OC)[C@@H](O)[C@H](C)O2)[C@H](C)[C@@H](O[C@H]2CO[C@H](C)C[C@@H]2NC)[C@](C)(OC(=O)CCNCCNC(=O)[C@@]2(O)[C@H](C)CC3C4CCC5=CC(=O)C=C[C@]5(C)[C@@]4(F)[C@@H](O)C[C@@]32C)C[C@@H](C)CN(C)[C@H](C)[C@@H](O)[C@]1(C)O. The predicted molar refractivity (Wildman–Crippen MR) is 311 cm³/mol. The van der Waals surface area contributed by atoms with Gasteiger partial charge in [0, 0.05) is 74.5 Å². The van der Waals surface area contributed by atoms with Crippen molar-refractivity contribution in [3.8, 4) is 0 Å². The fourth-order valence-corrected chi connectivity index (χ4v) is 16.6. The molecule has 4 aliphatic carbocycles. The smallest absolute Gasteiger partial charge is 0.311 e. The number of nitrogens with one attached hydrogen (secondary N) is 3. The molecule has 0 aromatic carbocycles. The topological polar surface area (TPSA) is 273 Å². The molecule has 1 amide bonds. The number of amides is 1. The summed E-state index contributed by atoms with van der Waals surface area (Å²) in [5, 5.41) is 69.1. The number of fused-ring (bicyclic) bond motifs is 5. The number of aliphatic hydroxyl groups is 5. The maximum absolute atomic E-state index is 17.8. The molecule has 6 fully saturated rings. The molecule has 7 aliphatic rings. The summed E-state index contributed by atoms with van der Waals surface area (Å²) in [6.07, 6.45) is -2.99. The Morgan fingerprint density at radius 1 is 0.893 bits per heavy atom. The van der Waals surface area contributed by atoms with Crippen molar-refractivity contribution >= 4 is 23.6 Å².